The van der Waals surface area contributed by atoms with E-state index >= 15 is 0 Å². The molecule has 0 bridgehead atoms. The lowest BCUT2D eigenvalue weighted by Crippen LogP contribution is -2.37. The summed E-state index contributed by atoms with van der Waals surface area (Å²) in [5.41, 5.74) is 5.51. The van der Waals surface area contributed by atoms with E-state index in [0.29, 0.717) is 31.2 Å². The Labute approximate surface area is 205 Å². The van der Waals surface area contributed by atoms with Crippen molar-refractivity contribution >= 4 is 26.9 Å². The number of sulfone groups is 1. The largest absolute Gasteiger partial charge is 0.378 e. The first-order valence-corrected chi connectivity index (χ1v) is 13.3. The number of rotatable bonds is 6. The van der Waals surface area contributed by atoms with Gasteiger partial charge in [-0.15, -0.1) is 0 Å². The van der Waals surface area contributed by atoms with E-state index < -0.39 is 9.84 Å². The minimum atomic E-state index is -3.36. The molecule has 5 rings (SSSR count). The van der Waals surface area contributed by atoms with Gasteiger partial charge in [-0.3, -0.25) is 0 Å². The number of nitrogens with one attached hydrogen (secondary N) is 1. The highest BCUT2D eigenvalue weighted by Crippen LogP contribution is 2.33. The molecule has 180 valence electrons. The zero-order valence-electron chi connectivity index (χ0n) is 19.7. The van der Waals surface area contributed by atoms with Crippen molar-refractivity contribution in [3.05, 3.63) is 78.9 Å². The number of hydrogen-bond donors (Lipinski definition) is 1. The standard InChI is InChI=1S/C26H27N5O3S/c1-19-27-18-31(29-19)24-9-7-22(8-10-24)28-23-5-3-4-20(16-23)21-6-11-26(35(2,32)33)25(17-21)30-12-14-34-15-13-30/h3-11,16-18,28H,12-15H2,1-2H3. The fourth-order valence-corrected chi connectivity index (χ4v) is 5.06. The highest BCUT2D eigenvalue weighted by atomic mass is 32.2. The maximum atomic E-state index is 12.4. The Bertz CT molecular complexity index is 1440. The van der Waals surface area contributed by atoms with Crippen LogP contribution in [0.25, 0.3) is 16.8 Å². The molecule has 0 aliphatic carbocycles. The van der Waals surface area contributed by atoms with E-state index in [1.54, 1.807) is 17.1 Å². The minimum absolute atomic E-state index is 0.347. The molecule has 0 unspecified atom stereocenters. The molecule has 2 heterocycles. The lowest BCUT2D eigenvalue weighted by atomic mass is 10.0. The van der Waals surface area contributed by atoms with Gasteiger partial charge >= 0.3 is 0 Å². The molecule has 1 saturated heterocycles. The fraction of sp³-hybridized carbons (Fsp3) is 0.231. The number of benzene rings is 3. The molecule has 4 aromatic rings. The van der Waals surface area contributed by atoms with Crippen molar-refractivity contribution in [2.75, 3.05) is 42.8 Å². The summed E-state index contributed by atoms with van der Waals surface area (Å²) in [6, 6.07) is 21.6. The van der Waals surface area contributed by atoms with E-state index in [9.17, 15) is 8.42 Å². The molecule has 0 atom stereocenters. The van der Waals surface area contributed by atoms with E-state index in [2.05, 4.69) is 26.4 Å². The van der Waals surface area contributed by atoms with Crippen LogP contribution in [0.3, 0.4) is 0 Å². The van der Waals surface area contributed by atoms with Gasteiger partial charge in [0.2, 0.25) is 0 Å². The monoisotopic (exact) mass is 489 g/mol. The van der Waals surface area contributed by atoms with Gasteiger partial charge in [0.25, 0.3) is 0 Å². The Morgan fingerprint density at radius 2 is 1.66 bits per heavy atom. The van der Waals surface area contributed by atoms with Crippen LogP contribution in [0.4, 0.5) is 17.1 Å². The number of aromatic nitrogens is 3. The Morgan fingerprint density at radius 1 is 0.914 bits per heavy atom. The minimum Gasteiger partial charge on any atom is -0.378 e. The third kappa shape index (κ3) is 5.21. The van der Waals surface area contributed by atoms with Crippen LogP contribution < -0.4 is 10.2 Å². The van der Waals surface area contributed by atoms with Crippen LogP contribution in [0.15, 0.2) is 78.0 Å². The molecule has 0 radical (unpaired) electrons. The summed E-state index contributed by atoms with van der Waals surface area (Å²) in [6.45, 7) is 4.36. The van der Waals surface area contributed by atoms with Gasteiger partial charge in [0, 0.05) is 30.7 Å². The summed E-state index contributed by atoms with van der Waals surface area (Å²) >= 11 is 0. The molecule has 0 spiro atoms. The molecule has 1 aromatic heterocycles. The predicted octanol–water partition coefficient (Wildman–Crippen LogP) is 4.23. The maximum absolute atomic E-state index is 12.4. The first-order chi connectivity index (χ1) is 16.9. The summed E-state index contributed by atoms with van der Waals surface area (Å²) in [4.78, 5) is 6.60. The molecule has 1 N–H and O–H groups in total. The first kappa shape index (κ1) is 23.1. The van der Waals surface area contributed by atoms with Crippen molar-refractivity contribution in [2.24, 2.45) is 0 Å². The van der Waals surface area contributed by atoms with Gasteiger partial charge in [-0.2, -0.15) is 5.10 Å². The topological polar surface area (TPSA) is 89.4 Å². The van der Waals surface area contributed by atoms with E-state index in [0.717, 1.165) is 39.7 Å². The van der Waals surface area contributed by atoms with Crippen molar-refractivity contribution in [2.45, 2.75) is 11.8 Å². The summed E-state index contributed by atoms with van der Waals surface area (Å²) < 4.78 is 32.1. The Kier molecular flexibility index (Phi) is 6.27. The average molecular weight is 490 g/mol. The normalized spacial score (nSPS) is 14.2. The van der Waals surface area contributed by atoms with E-state index in [1.165, 1.54) is 6.26 Å². The van der Waals surface area contributed by atoms with Crippen molar-refractivity contribution in [3.63, 3.8) is 0 Å². The van der Waals surface area contributed by atoms with Gasteiger partial charge in [-0.1, -0.05) is 18.2 Å². The third-order valence-corrected chi connectivity index (χ3v) is 7.08. The van der Waals surface area contributed by atoms with Crippen molar-refractivity contribution in [1.29, 1.82) is 0 Å². The summed E-state index contributed by atoms with van der Waals surface area (Å²) in [5.74, 6) is 0.727. The molecule has 8 nitrogen and oxygen atoms in total. The molecule has 3 aromatic carbocycles. The summed E-state index contributed by atoms with van der Waals surface area (Å²) in [7, 11) is -3.36. The summed E-state index contributed by atoms with van der Waals surface area (Å²) in [6.07, 6.45) is 2.95. The molecule has 1 fully saturated rings. The van der Waals surface area contributed by atoms with Crippen molar-refractivity contribution in [3.8, 4) is 16.8 Å². The van der Waals surface area contributed by atoms with Gasteiger partial charge in [-0.05, 0) is 66.6 Å². The van der Waals surface area contributed by atoms with Crippen LogP contribution in [0.5, 0.6) is 0 Å². The van der Waals surface area contributed by atoms with Crippen molar-refractivity contribution < 1.29 is 13.2 Å². The second kappa shape index (κ2) is 9.52. The Hall–Kier alpha value is -3.69. The molecular weight excluding hydrogens is 462 g/mol. The third-order valence-electron chi connectivity index (χ3n) is 5.93. The van der Waals surface area contributed by atoms with E-state index in [1.807, 2.05) is 61.5 Å². The number of ether oxygens (including phenoxy) is 1. The van der Waals surface area contributed by atoms with E-state index in [4.69, 9.17) is 4.74 Å². The van der Waals surface area contributed by atoms with Crippen molar-refractivity contribution in [1.82, 2.24) is 14.8 Å². The van der Waals surface area contributed by atoms with Crippen LogP contribution in [-0.2, 0) is 14.6 Å². The number of hydrogen-bond acceptors (Lipinski definition) is 7. The van der Waals surface area contributed by atoms with Gasteiger partial charge in [0.05, 0.1) is 29.5 Å². The maximum Gasteiger partial charge on any atom is 0.177 e. The second-order valence-corrected chi connectivity index (χ2v) is 10.5. The summed E-state index contributed by atoms with van der Waals surface area (Å²) in [5, 5.41) is 7.78. The van der Waals surface area contributed by atoms with Crippen LogP contribution >= 0.6 is 0 Å². The SMILES string of the molecule is Cc1ncn(-c2ccc(Nc3cccc(-c4ccc(S(C)(=O)=O)c(N5CCOCC5)c4)c3)cc2)n1. The fourth-order valence-electron chi connectivity index (χ4n) is 4.17. The van der Waals surface area contributed by atoms with Crippen LogP contribution in [0.2, 0.25) is 0 Å². The molecule has 0 saturated carbocycles. The van der Waals surface area contributed by atoms with Crippen LogP contribution in [0.1, 0.15) is 5.82 Å². The molecular formula is C26H27N5O3S. The van der Waals surface area contributed by atoms with Gasteiger partial charge in [0.15, 0.2) is 9.84 Å². The molecule has 9 heteroatoms. The smallest absolute Gasteiger partial charge is 0.177 e. The number of morpholine rings is 1. The van der Waals surface area contributed by atoms with Gasteiger partial charge < -0.3 is 15.0 Å². The van der Waals surface area contributed by atoms with Crippen LogP contribution in [0, 0.1) is 6.92 Å². The second-order valence-electron chi connectivity index (χ2n) is 8.54. The molecule has 0 amide bonds. The number of anilines is 3. The quantitative estimate of drug-likeness (QED) is 0.434. The zero-order chi connectivity index (χ0) is 24.4. The Morgan fingerprint density at radius 3 is 2.34 bits per heavy atom. The lowest BCUT2D eigenvalue weighted by Gasteiger charge is -2.30. The molecule has 35 heavy (non-hydrogen) atoms. The number of aryl methyl sites for hydroxylation is 1. The zero-order valence-corrected chi connectivity index (χ0v) is 20.5. The van der Waals surface area contributed by atoms with Crippen LogP contribution in [-0.4, -0.2) is 55.7 Å². The molecule has 1 aliphatic heterocycles. The highest BCUT2D eigenvalue weighted by Gasteiger charge is 2.21. The van der Waals surface area contributed by atoms with Gasteiger partial charge in [0.1, 0.15) is 12.2 Å². The van der Waals surface area contributed by atoms with Gasteiger partial charge in [-0.25, -0.2) is 18.1 Å². The average Bonchev–Trinajstić information content (AvgIpc) is 3.30. The predicted molar refractivity (Wildman–Crippen MR) is 137 cm³/mol. The lowest BCUT2D eigenvalue weighted by molar-refractivity contribution is 0.122. The highest BCUT2D eigenvalue weighted by molar-refractivity contribution is 7.90. The molecule has 1 aliphatic rings. The van der Waals surface area contributed by atoms with E-state index in [-0.39, 0.29) is 0 Å². The first-order valence-electron chi connectivity index (χ1n) is 11.4. The Balaban J connectivity index is 1.41. The number of nitrogens with zero attached hydrogens (tertiary/aromatic N) is 4.